The van der Waals surface area contributed by atoms with Gasteiger partial charge in [0.1, 0.15) is 5.82 Å². The van der Waals surface area contributed by atoms with Crippen LogP contribution in [0.4, 0.5) is 10.1 Å². The van der Waals surface area contributed by atoms with Gasteiger partial charge in [-0.1, -0.05) is 30.3 Å². The summed E-state index contributed by atoms with van der Waals surface area (Å²) in [6.07, 6.45) is 1.56. The van der Waals surface area contributed by atoms with Crippen molar-refractivity contribution in [3.8, 4) is 0 Å². The molecule has 1 fully saturated rings. The molecule has 0 bridgehead atoms. The van der Waals surface area contributed by atoms with Gasteiger partial charge < -0.3 is 10.6 Å². The molecule has 1 saturated heterocycles. The highest BCUT2D eigenvalue weighted by Gasteiger charge is 2.23. The van der Waals surface area contributed by atoms with E-state index in [-0.39, 0.29) is 30.1 Å². The highest BCUT2D eigenvalue weighted by Crippen LogP contribution is 2.15. The molecule has 27 heavy (non-hydrogen) atoms. The van der Waals surface area contributed by atoms with Crippen LogP contribution in [0, 0.1) is 12.7 Å². The summed E-state index contributed by atoms with van der Waals surface area (Å²) in [5.74, 6) is -0.727. The molecular weight excluding hydrogens is 345 g/mol. The van der Waals surface area contributed by atoms with Crippen LogP contribution in [0.5, 0.6) is 0 Å². The summed E-state index contributed by atoms with van der Waals surface area (Å²) in [7, 11) is 0. The quantitative estimate of drug-likeness (QED) is 0.852. The highest BCUT2D eigenvalue weighted by molar-refractivity contribution is 5.95. The van der Waals surface area contributed by atoms with Crippen molar-refractivity contribution in [1.82, 2.24) is 10.2 Å². The Balaban J connectivity index is 1.45. The lowest BCUT2D eigenvalue weighted by Crippen LogP contribution is -2.46. The number of aryl methyl sites for hydroxylation is 1. The fourth-order valence-corrected chi connectivity index (χ4v) is 3.28. The van der Waals surface area contributed by atoms with Crippen LogP contribution in [-0.4, -0.2) is 42.4 Å². The number of hydrogen-bond donors (Lipinski definition) is 2. The minimum Gasteiger partial charge on any atom is -0.349 e. The van der Waals surface area contributed by atoms with Crippen LogP contribution >= 0.6 is 0 Å². The van der Waals surface area contributed by atoms with E-state index in [1.807, 2.05) is 36.1 Å². The average molecular weight is 369 g/mol. The minimum atomic E-state index is -0.441. The fraction of sp³-hybridized carbons (Fsp3) is 0.333. The molecule has 0 radical (unpaired) electrons. The number of rotatable bonds is 5. The summed E-state index contributed by atoms with van der Waals surface area (Å²) < 4.78 is 13.6. The summed E-state index contributed by atoms with van der Waals surface area (Å²) in [5, 5.41) is 5.68. The predicted molar refractivity (Wildman–Crippen MR) is 103 cm³/mol. The largest absolute Gasteiger partial charge is 0.349 e. The van der Waals surface area contributed by atoms with E-state index in [4.69, 9.17) is 0 Å². The number of piperidine rings is 1. The molecule has 2 aromatic carbocycles. The van der Waals surface area contributed by atoms with Gasteiger partial charge >= 0.3 is 0 Å². The Hall–Kier alpha value is -2.73. The summed E-state index contributed by atoms with van der Waals surface area (Å²) in [6.45, 7) is 3.56. The Bertz CT molecular complexity index is 817. The summed E-state index contributed by atoms with van der Waals surface area (Å²) in [5.41, 5.74) is 1.85. The van der Waals surface area contributed by atoms with Crippen LogP contribution in [0.15, 0.2) is 48.5 Å². The molecule has 3 rings (SSSR count). The van der Waals surface area contributed by atoms with E-state index in [2.05, 4.69) is 10.6 Å². The van der Waals surface area contributed by atoms with Crippen LogP contribution in [-0.2, 0) is 4.79 Å². The third kappa shape index (κ3) is 5.14. The van der Waals surface area contributed by atoms with Gasteiger partial charge in [-0.3, -0.25) is 14.5 Å². The predicted octanol–water partition coefficient (Wildman–Crippen LogP) is 2.97. The van der Waals surface area contributed by atoms with Crippen molar-refractivity contribution in [1.29, 1.82) is 0 Å². The Morgan fingerprint density at radius 3 is 2.44 bits per heavy atom. The Morgan fingerprint density at radius 2 is 1.74 bits per heavy atom. The number of hydrogen-bond acceptors (Lipinski definition) is 3. The van der Waals surface area contributed by atoms with E-state index < -0.39 is 5.82 Å². The van der Waals surface area contributed by atoms with Gasteiger partial charge in [-0.05, 0) is 43.5 Å². The van der Waals surface area contributed by atoms with E-state index in [9.17, 15) is 14.0 Å². The number of likely N-dealkylation sites (tertiary alicyclic amines) is 1. The second kappa shape index (κ2) is 8.77. The first-order valence-corrected chi connectivity index (χ1v) is 9.16. The molecule has 6 heteroatoms. The molecule has 0 aromatic heterocycles. The zero-order valence-corrected chi connectivity index (χ0v) is 15.4. The van der Waals surface area contributed by atoms with Crippen molar-refractivity contribution < 1.29 is 14.0 Å². The first-order chi connectivity index (χ1) is 13.0. The maximum atomic E-state index is 13.6. The van der Waals surface area contributed by atoms with Crippen LogP contribution in [0.2, 0.25) is 0 Å². The molecule has 1 aliphatic rings. The van der Waals surface area contributed by atoms with Crippen LogP contribution in [0.3, 0.4) is 0 Å². The van der Waals surface area contributed by atoms with Gasteiger partial charge in [0.2, 0.25) is 5.91 Å². The smallest absolute Gasteiger partial charge is 0.251 e. The molecule has 0 atom stereocenters. The third-order valence-electron chi connectivity index (χ3n) is 4.83. The fourth-order valence-electron chi connectivity index (χ4n) is 3.28. The second-order valence-corrected chi connectivity index (χ2v) is 6.87. The Morgan fingerprint density at radius 1 is 1.07 bits per heavy atom. The van der Waals surface area contributed by atoms with Gasteiger partial charge in [-0.25, -0.2) is 4.39 Å². The van der Waals surface area contributed by atoms with Gasteiger partial charge in [-0.2, -0.15) is 0 Å². The first kappa shape index (κ1) is 19.0. The number of anilines is 1. The lowest BCUT2D eigenvalue weighted by Gasteiger charge is -2.32. The molecule has 0 spiro atoms. The molecule has 2 aromatic rings. The molecular formula is C21H24FN3O2. The van der Waals surface area contributed by atoms with E-state index in [0.717, 1.165) is 18.4 Å². The zero-order chi connectivity index (χ0) is 19.2. The van der Waals surface area contributed by atoms with E-state index >= 15 is 0 Å². The molecule has 5 nitrogen and oxygen atoms in total. The minimum absolute atomic E-state index is 0.0520. The van der Waals surface area contributed by atoms with Crippen molar-refractivity contribution >= 4 is 17.5 Å². The van der Waals surface area contributed by atoms with Gasteiger partial charge in [0.15, 0.2) is 0 Å². The average Bonchev–Trinajstić information content (AvgIpc) is 2.65. The third-order valence-corrected chi connectivity index (χ3v) is 4.83. The van der Waals surface area contributed by atoms with Gasteiger partial charge in [0.25, 0.3) is 5.91 Å². The molecule has 0 saturated carbocycles. The molecule has 2 amide bonds. The van der Waals surface area contributed by atoms with E-state index in [1.165, 1.54) is 6.07 Å². The van der Waals surface area contributed by atoms with E-state index in [1.54, 1.807) is 18.2 Å². The van der Waals surface area contributed by atoms with Crippen molar-refractivity contribution in [2.75, 3.05) is 25.0 Å². The lowest BCUT2D eigenvalue weighted by atomic mass is 10.0. The maximum absolute atomic E-state index is 13.6. The molecule has 1 aliphatic heterocycles. The summed E-state index contributed by atoms with van der Waals surface area (Å²) >= 11 is 0. The standard InChI is InChI=1S/C21H24FN3O2/c1-15-6-2-3-7-17(15)21(27)23-16-10-12-25(13-11-16)14-20(26)24-19-9-5-4-8-18(19)22/h2-9,16H,10-14H2,1H3,(H,23,27)(H,24,26). The molecule has 2 N–H and O–H groups in total. The molecule has 142 valence electrons. The molecule has 1 heterocycles. The first-order valence-electron chi connectivity index (χ1n) is 9.16. The van der Waals surface area contributed by atoms with Gasteiger partial charge in [0.05, 0.1) is 12.2 Å². The number of halogens is 1. The second-order valence-electron chi connectivity index (χ2n) is 6.87. The molecule has 0 unspecified atom stereocenters. The van der Waals surface area contributed by atoms with Gasteiger partial charge in [0, 0.05) is 24.7 Å². The number of amides is 2. The lowest BCUT2D eigenvalue weighted by molar-refractivity contribution is -0.117. The Kier molecular flexibility index (Phi) is 6.19. The number of benzene rings is 2. The number of para-hydroxylation sites is 1. The van der Waals surface area contributed by atoms with Gasteiger partial charge in [-0.15, -0.1) is 0 Å². The normalized spacial score (nSPS) is 15.3. The summed E-state index contributed by atoms with van der Waals surface area (Å²) in [4.78, 5) is 26.5. The van der Waals surface area contributed by atoms with Crippen LogP contribution in [0.1, 0.15) is 28.8 Å². The Labute approximate surface area is 158 Å². The topological polar surface area (TPSA) is 61.4 Å². The summed E-state index contributed by atoms with van der Waals surface area (Å²) in [6, 6.07) is 13.7. The van der Waals surface area contributed by atoms with Crippen molar-refractivity contribution in [3.63, 3.8) is 0 Å². The van der Waals surface area contributed by atoms with Crippen LogP contribution < -0.4 is 10.6 Å². The monoisotopic (exact) mass is 369 g/mol. The van der Waals surface area contributed by atoms with Crippen LogP contribution in [0.25, 0.3) is 0 Å². The van der Waals surface area contributed by atoms with E-state index in [0.29, 0.717) is 18.7 Å². The number of nitrogens with zero attached hydrogens (tertiary/aromatic N) is 1. The SMILES string of the molecule is Cc1ccccc1C(=O)NC1CCN(CC(=O)Nc2ccccc2F)CC1. The van der Waals surface area contributed by atoms with Crippen molar-refractivity contribution in [2.24, 2.45) is 0 Å². The van der Waals surface area contributed by atoms with Crippen molar-refractivity contribution in [2.45, 2.75) is 25.8 Å². The zero-order valence-electron chi connectivity index (χ0n) is 15.4. The highest BCUT2D eigenvalue weighted by atomic mass is 19.1. The number of nitrogens with one attached hydrogen (secondary N) is 2. The van der Waals surface area contributed by atoms with Crippen molar-refractivity contribution in [3.05, 3.63) is 65.5 Å². The number of carbonyl (C=O) groups excluding carboxylic acids is 2. The maximum Gasteiger partial charge on any atom is 0.251 e. The molecule has 0 aliphatic carbocycles. The number of carbonyl (C=O) groups is 2.